The van der Waals surface area contributed by atoms with E-state index in [1.54, 1.807) is 10.7 Å². The van der Waals surface area contributed by atoms with Crippen LogP contribution in [0.15, 0.2) is 16.7 Å². The van der Waals surface area contributed by atoms with Crippen molar-refractivity contribution in [3.63, 3.8) is 0 Å². The maximum atomic E-state index is 6.25. The Morgan fingerprint density at radius 2 is 2.11 bits per heavy atom. The van der Waals surface area contributed by atoms with Crippen molar-refractivity contribution in [2.24, 2.45) is 0 Å². The minimum Gasteiger partial charge on any atom is -0.306 e. The normalized spacial score (nSPS) is 18.6. The molecule has 3 rings (SSSR count). The average Bonchev–Trinajstić information content (AvgIpc) is 2.73. The molecule has 2 aromatic rings. The van der Waals surface area contributed by atoms with Crippen LogP contribution in [0.25, 0.3) is 5.65 Å². The Kier molecular flexibility index (Phi) is 3.30. The summed E-state index contributed by atoms with van der Waals surface area (Å²) < 4.78 is 2.54. The number of piperidine rings is 1. The molecule has 0 N–H and O–H groups in total. The van der Waals surface area contributed by atoms with Gasteiger partial charge >= 0.3 is 0 Å². The quantitative estimate of drug-likeness (QED) is 0.754. The summed E-state index contributed by atoms with van der Waals surface area (Å²) in [5.74, 6) is 0.505. The van der Waals surface area contributed by atoms with Gasteiger partial charge in [0.2, 0.25) is 0 Å². The van der Waals surface area contributed by atoms with E-state index in [1.807, 2.05) is 6.07 Å². The van der Waals surface area contributed by atoms with Crippen LogP contribution in [0.2, 0.25) is 5.15 Å². The van der Waals surface area contributed by atoms with Gasteiger partial charge in [0.15, 0.2) is 5.65 Å². The molecule has 96 valence electrons. The molecule has 2 aromatic heterocycles. The number of rotatable bonds is 1. The third-order valence-corrected chi connectivity index (χ3v) is 4.37. The van der Waals surface area contributed by atoms with Crippen molar-refractivity contribution < 1.29 is 0 Å². The van der Waals surface area contributed by atoms with Crippen LogP contribution >= 0.6 is 27.5 Å². The van der Waals surface area contributed by atoms with E-state index in [9.17, 15) is 0 Å². The third-order valence-electron chi connectivity index (χ3n) is 3.54. The van der Waals surface area contributed by atoms with Crippen LogP contribution in [-0.2, 0) is 0 Å². The molecular weight excluding hydrogens is 316 g/mol. The fourth-order valence-electron chi connectivity index (χ4n) is 2.43. The fraction of sp³-hybridized carbons (Fsp3) is 0.500. The van der Waals surface area contributed by atoms with Gasteiger partial charge in [0.25, 0.3) is 0 Å². The van der Waals surface area contributed by atoms with Crippen LogP contribution in [0, 0.1) is 0 Å². The van der Waals surface area contributed by atoms with Gasteiger partial charge in [-0.2, -0.15) is 5.10 Å². The second-order valence-corrected chi connectivity index (χ2v) is 6.05. The second kappa shape index (κ2) is 4.79. The predicted molar refractivity (Wildman–Crippen MR) is 75.2 cm³/mol. The Hall–Kier alpha value is -0.650. The largest absolute Gasteiger partial charge is 0.306 e. The third kappa shape index (κ3) is 2.15. The molecule has 18 heavy (non-hydrogen) atoms. The van der Waals surface area contributed by atoms with Gasteiger partial charge in [-0.05, 0) is 55.0 Å². The van der Waals surface area contributed by atoms with Crippen LogP contribution in [0.3, 0.4) is 0 Å². The topological polar surface area (TPSA) is 33.4 Å². The summed E-state index contributed by atoms with van der Waals surface area (Å²) in [7, 11) is 2.16. The Labute approximate surface area is 119 Å². The lowest BCUT2D eigenvalue weighted by atomic mass is 9.94. The first-order chi connectivity index (χ1) is 8.65. The average molecular weight is 330 g/mol. The number of hydrogen-bond donors (Lipinski definition) is 0. The molecule has 0 amide bonds. The van der Waals surface area contributed by atoms with E-state index in [4.69, 9.17) is 16.6 Å². The molecule has 0 radical (unpaired) electrons. The van der Waals surface area contributed by atoms with Crippen LogP contribution < -0.4 is 0 Å². The van der Waals surface area contributed by atoms with Gasteiger partial charge in [-0.25, -0.2) is 9.50 Å². The molecular formula is C12H14BrClN4. The first kappa shape index (κ1) is 12.4. The van der Waals surface area contributed by atoms with Crippen LogP contribution in [0.1, 0.15) is 24.5 Å². The molecule has 1 aliphatic rings. The van der Waals surface area contributed by atoms with Gasteiger partial charge in [-0.15, -0.1) is 0 Å². The maximum absolute atomic E-state index is 6.25. The van der Waals surface area contributed by atoms with Crippen LogP contribution in [0.4, 0.5) is 0 Å². The van der Waals surface area contributed by atoms with Gasteiger partial charge in [-0.1, -0.05) is 11.6 Å². The number of fused-ring (bicyclic) bond motifs is 1. The van der Waals surface area contributed by atoms with E-state index in [0.717, 1.165) is 41.7 Å². The zero-order valence-corrected chi connectivity index (χ0v) is 12.4. The molecule has 0 spiro atoms. The Morgan fingerprint density at radius 3 is 2.83 bits per heavy atom. The fourth-order valence-corrected chi connectivity index (χ4v) is 3.01. The molecule has 1 fully saturated rings. The lowest BCUT2D eigenvalue weighted by Crippen LogP contribution is -2.29. The minimum atomic E-state index is 0.505. The Bertz CT molecular complexity index is 575. The van der Waals surface area contributed by atoms with Crippen molar-refractivity contribution in [2.75, 3.05) is 20.1 Å². The highest BCUT2D eigenvalue weighted by Crippen LogP contribution is 2.29. The molecule has 0 saturated carbocycles. The monoisotopic (exact) mass is 328 g/mol. The van der Waals surface area contributed by atoms with E-state index in [2.05, 4.69) is 33.0 Å². The van der Waals surface area contributed by atoms with Gasteiger partial charge in [-0.3, -0.25) is 0 Å². The first-order valence-corrected chi connectivity index (χ1v) is 7.20. The molecule has 1 aliphatic heterocycles. The van der Waals surface area contributed by atoms with Gasteiger partial charge < -0.3 is 4.90 Å². The van der Waals surface area contributed by atoms with E-state index in [1.165, 1.54) is 0 Å². The van der Waals surface area contributed by atoms with Crippen LogP contribution in [-0.4, -0.2) is 39.6 Å². The van der Waals surface area contributed by atoms with Crippen molar-refractivity contribution in [2.45, 2.75) is 18.8 Å². The summed E-state index contributed by atoms with van der Waals surface area (Å²) in [5, 5.41) is 4.81. The zero-order valence-electron chi connectivity index (χ0n) is 10.1. The lowest BCUT2D eigenvalue weighted by molar-refractivity contribution is 0.253. The summed E-state index contributed by atoms with van der Waals surface area (Å²) in [5.41, 5.74) is 1.89. The zero-order chi connectivity index (χ0) is 12.7. The summed E-state index contributed by atoms with van der Waals surface area (Å²) in [6, 6.07) is 1.95. The lowest BCUT2D eigenvalue weighted by Gasteiger charge is -2.28. The number of halogens is 2. The smallest absolute Gasteiger partial charge is 0.171 e. The summed E-state index contributed by atoms with van der Waals surface area (Å²) in [6.07, 6.45) is 4.01. The Balaban J connectivity index is 1.99. The number of likely N-dealkylation sites (tertiary alicyclic amines) is 1. The minimum absolute atomic E-state index is 0.505. The number of hydrogen-bond acceptors (Lipinski definition) is 3. The molecule has 0 aromatic carbocycles. The van der Waals surface area contributed by atoms with Gasteiger partial charge in [0.05, 0.1) is 10.7 Å². The second-order valence-electron chi connectivity index (χ2n) is 4.81. The van der Waals surface area contributed by atoms with E-state index in [-0.39, 0.29) is 0 Å². The molecule has 0 bridgehead atoms. The summed E-state index contributed by atoms with van der Waals surface area (Å²) in [4.78, 5) is 7.05. The highest BCUT2D eigenvalue weighted by Gasteiger charge is 2.21. The molecule has 0 unspecified atom stereocenters. The summed E-state index contributed by atoms with van der Waals surface area (Å²) >= 11 is 9.71. The highest BCUT2D eigenvalue weighted by molar-refractivity contribution is 9.10. The maximum Gasteiger partial charge on any atom is 0.171 e. The number of aromatic nitrogens is 3. The SMILES string of the molecule is CN1CCC(c2cc(Cl)n3ncc(Br)c3n2)CC1. The molecule has 1 saturated heterocycles. The Morgan fingerprint density at radius 1 is 1.39 bits per heavy atom. The van der Waals surface area contributed by atoms with E-state index >= 15 is 0 Å². The van der Waals surface area contributed by atoms with E-state index in [0.29, 0.717) is 11.1 Å². The van der Waals surface area contributed by atoms with Gasteiger partial charge in [0, 0.05) is 11.6 Å². The van der Waals surface area contributed by atoms with Crippen molar-refractivity contribution in [1.29, 1.82) is 0 Å². The van der Waals surface area contributed by atoms with Crippen molar-refractivity contribution in [1.82, 2.24) is 19.5 Å². The molecule has 3 heterocycles. The van der Waals surface area contributed by atoms with Gasteiger partial charge in [0.1, 0.15) is 5.15 Å². The van der Waals surface area contributed by atoms with Crippen molar-refractivity contribution in [3.05, 3.63) is 27.6 Å². The number of nitrogens with zero attached hydrogens (tertiary/aromatic N) is 4. The molecule has 4 nitrogen and oxygen atoms in total. The highest BCUT2D eigenvalue weighted by atomic mass is 79.9. The van der Waals surface area contributed by atoms with Crippen LogP contribution in [0.5, 0.6) is 0 Å². The molecule has 0 atom stereocenters. The summed E-state index contributed by atoms with van der Waals surface area (Å²) in [6.45, 7) is 2.24. The van der Waals surface area contributed by atoms with E-state index < -0.39 is 0 Å². The predicted octanol–water partition coefficient (Wildman–Crippen LogP) is 2.95. The van der Waals surface area contributed by atoms with Crippen molar-refractivity contribution >= 4 is 33.2 Å². The van der Waals surface area contributed by atoms with Crippen molar-refractivity contribution in [3.8, 4) is 0 Å². The standard InChI is InChI=1S/C12H14BrClN4/c1-17-4-2-8(3-5-17)10-6-11(14)18-12(16-10)9(13)7-15-18/h6-8H,2-5H2,1H3. The molecule has 6 heteroatoms. The first-order valence-electron chi connectivity index (χ1n) is 6.03. The molecule has 0 aliphatic carbocycles.